The van der Waals surface area contributed by atoms with Crippen LogP contribution in [0.1, 0.15) is 19.4 Å². The summed E-state index contributed by atoms with van der Waals surface area (Å²) in [4.78, 5) is 14.2. The maximum absolute atomic E-state index is 12.6. The molecular weight excluding hydrogens is 346 g/mol. The Morgan fingerprint density at radius 3 is 2.07 bits per heavy atom. The zero-order valence-electron chi connectivity index (χ0n) is 15.3. The summed E-state index contributed by atoms with van der Waals surface area (Å²) in [6.07, 6.45) is 0. The molecule has 1 aromatic rings. The van der Waals surface area contributed by atoms with Gasteiger partial charge >= 0.3 is 0 Å². The van der Waals surface area contributed by atoms with Gasteiger partial charge in [0.2, 0.25) is 5.91 Å². The van der Waals surface area contributed by atoms with Crippen LogP contribution >= 0.6 is 0 Å². The van der Waals surface area contributed by atoms with Crippen molar-refractivity contribution in [1.29, 1.82) is 15.8 Å². The number of primary amides is 1. The molecule has 0 aromatic heterocycles. The molecule has 8 heteroatoms. The number of benzene rings is 1. The molecule has 1 spiro atoms. The Morgan fingerprint density at radius 1 is 1.11 bits per heavy atom. The van der Waals surface area contributed by atoms with E-state index in [4.69, 9.17) is 15.2 Å². The molecule has 1 aliphatic carbocycles. The van der Waals surface area contributed by atoms with Crippen molar-refractivity contribution < 1.29 is 14.3 Å². The van der Waals surface area contributed by atoms with Gasteiger partial charge in [0.15, 0.2) is 10.8 Å². The summed E-state index contributed by atoms with van der Waals surface area (Å²) in [6.45, 7) is 3.78. The molecule has 3 rings (SSSR count). The number of fused-ring (bicyclic) bond motifs is 2. The van der Waals surface area contributed by atoms with E-state index in [0.717, 1.165) is 0 Å². The van der Waals surface area contributed by atoms with Crippen molar-refractivity contribution in [2.75, 3.05) is 25.2 Å². The van der Waals surface area contributed by atoms with E-state index in [0.29, 0.717) is 11.3 Å². The number of nitrogens with zero attached hydrogens (tertiary/aromatic N) is 4. The predicted octanol–water partition coefficient (Wildman–Crippen LogP) is 1.14. The van der Waals surface area contributed by atoms with Gasteiger partial charge in [-0.25, -0.2) is 0 Å². The topological polar surface area (TPSA) is 136 Å². The first-order valence-electron chi connectivity index (χ1n) is 8.54. The number of para-hydroxylation sites is 1. The van der Waals surface area contributed by atoms with Crippen molar-refractivity contribution in [3.05, 3.63) is 29.8 Å². The predicted molar refractivity (Wildman–Crippen MR) is 93.4 cm³/mol. The Balaban J connectivity index is 2.54. The molecule has 8 nitrogen and oxygen atoms in total. The Kier molecular flexibility index (Phi) is 3.93. The molecule has 2 atom stereocenters. The van der Waals surface area contributed by atoms with Gasteiger partial charge in [0.05, 0.1) is 18.2 Å². The van der Waals surface area contributed by atoms with Crippen molar-refractivity contribution >= 4 is 11.6 Å². The van der Waals surface area contributed by atoms with Crippen LogP contribution in [0.5, 0.6) is 0 Å². The van der Waals surface area contributed by atoms with E-state index in [9.17, 15) is 20.6 Å². The Morgan fingerprint density at radius 2 is 1.67 bits per heavy atom. The van der Waals surface area contributed by atoms with Gasteiger partial charge in [-0.05, 0) is 25.5 Å². The van der Waals surface area contributed by atoms with E-state index in [2.05, 4.69) is 0 Å². The molecule has 0 bridgehead atoms. The molecule has 2 N–H and O–H groups in total. The first kappa shape index (κ1) is 18.7. The monoisotopic (exact) mass is 365 g/mol. The number of anilines is 1. The van der Waals surface area contributed by atoms with Gasteiger partial charge in [0.1, 0.15) is 5.41 Å². The molecule has 2 aliphatic rings. The average molecular weight is 365 g/mol. The van der Waals surface area contributed by atoms with Crippen molar-refractivity contribution in [1.82, 2.24) is 0 Å². The zero-order chi connectivity index (χ0) is 20.1. The highest BCUT2D eigenvalue weighted by Crippen LogP contribution is 2.85. The molecule has 0 unspecified atom stereocenters. The van der Waals surface area contributed by atoms with E-state index >= 15 is 0 Å². The summed E-state index contributed by atoms with van der Waals surface area (Å²) in [6, 6.07) is 12.7. The van der Waals surface area contributed by atoms with E-state index < -0.39 is 28.1 Å². The van der Waals surface area contributed by atoms with Crippen molar-refractivity contribution in [2.45, 2.75) is 25.2 Å². The number of hydrogen-bond acceptors (Lipinski definition) is 7. The summed E-state index contributed by atoms with van der Waals surface area (Å²) in [5.74, 6) is -2.77. The average Bonchev–Trinajstić information content (AvgIpc) is 3.18. The fraction of sp³-hybridized carbons (Fsp3) is 0.474. The fourth-order valence-corrected chi connectivity index (χ4v) is 4.90. The third-order valence-corrected chi connectivity index (χ3v) is 5.76. The summed E-state index contributed by atoms with van der Waals surface area (Å²) in [5, 5.41) is 30.1. The van der Waals surface area contributed by atoms with Gasteiger partial charge in [-0.3, -0.25) is 4.79 Å². The standard InChI is InChI=1S/C19H19N5O3/c1-4-26-19(27-5-2)18(13-8-6-7-9-14(13)24(19)3)16(10-20,11-21)17(18,12-22)15(23)25/h6-9H,4-5H2,1-3H3,(H2,23,25)/t17-,18+/m0/s1. The molecule has 1 saturated carbocycles. The van der Waals surface area contributed by atoms with Gasteiger partial charge in [0.25, 0.3) is 5.91 Å². The van der Waals surface area contributed by atoms with E-state index in [1.54, 1.807) is 50.1 Å². The lowest BCUT2D eigenvalue weighted by Gasteiger charge is -2.41. The summed E-state index contributed by atoms with van der Waals surface area (Å²) in [7, 11) is 1.68. The molecule has 138 valence electrons. The summed E-state index contributed by atoms with van der Waals surface area (Å²) in [5.41, 5.74) is 0.800. The number of carbonyl (C=O) groups is 1. The van der Waals surface area contributed by atoms with Crippen molar-refractivity contribution in [3.63, 3.8) is 0 Å². The molecule has 1 fully saturated rings. The highest BCUT2D eigenvalue weighted by Gasteiger charge is 3.03. The third kappa shape index (κ3) is 1.52. The Labute approximate surface area is 157 Å². The van der Waals surface area contributed by atoms with Crippen LogP contribution in [0.3, 0.4) is 0 Å². The van der Waals surface area contributed by atoms with Crippen LogP contribution in [0.4, 0.5) is 5.69 Å². The number of ether oxygens (including phenoxy) is 2. The van der Waals surface area contributed by atoms with Gasteiger partial charge in [-0.15, -0.1) is 0 Å². The second kappa shape index (κ2) is 5.69. The van der Waals surface area contributed by atoms with Crippen LogP contribution in [-0.2, 0) is 19.7 Å². The van der Waals surface area contributed by atoms with Crippen LogP contribution in [0.25, 0.3) is 0 Å². The van der Waals surface area contributed by atoms with E-state index in [1.807, 2.05) is 18.2 Å². The van der Waals surface area contributed by atoms with Crippen LogP contribution in [-0.4, -0.2) is 32.1 Å². The Bertz CT molecular complexity index is 920. The summed E-state index contributed by atoms with van der Waals surface area (Å²) < 4.78 is 12.0. The quantitative estimate of drug-likeness (QED) is 0.773. The minimum Gasteiger partial charge on any atom is -0.368 e. The minimum atomic E-state index is -2.13. The van der Waals surface area contributed by atoms with Crippen molar-refractivity contribution in [3.8, 4) is 18.2 Å². The largest absolute Gasteiger partial charge is 0.368 e. The van der Waals surface area contributed by atoms with Crippen LogP contribution in [0.15, 0.2) is 24.3 Å². The first-order valence-corrected chi connectivity index (χ1v) is 8.54. The number of amides is 1. The molecule has 0 radical (unpaired) electrons. The van der Waals surface area contributed by atoms with Gasteiger partial charge in [-0.2, -0.15) is 15.8 Å². The molecule has 1 amide bonds. The lowest BCUT2D eigenvalue weighted by atomic mass is 9.83. The van der Waals surface area contributed by atoms with Gasteiger partial charge < -0.3 is 20.1 Å². The number of hydrogen-bond donors (Lipinski definition) is 1. The number of rotatable bonds is 5. The molecule has 27 heavy (non-hydrogen) atoms. The zero-order valence-corrected chi connectivity index (χ0v) is 15.3. The van der Waals surface area contributed by atoms with Gasteiger partial charge in [0, 0.05) is 25.9 Å². The number of nitriles is 3. The molecule has 1 aliphatic heterocycles. The van der Waals surface area contributed by atoms with Crippen molar-refractivity contribution in [2.24, 2.45) is 16.6 Å². The summed E-state index contributed by atoms with van der Waals surface area (Å²) >= 11 is 0. The Hall–Kier alpha value is -3.12. The highest BCUT2D eigenvalue weighted by molar-refractivity contribution is 5.99. The normalized spacial score (nSPS) is 28.7. The molecule has 1 heterocycles. The minimum absolute atomic E-state index is 0.160. The SMILES string of the molecule is CCOC1(OCC)N(C)c2ccccc2[C@]12C(C#N)(C#N)[C@]2(C#N)C(N)=O. The van der Waals surface area contributed by atoms with Crippen LogP contribution < -0.4 is 10.6 Å². The number of likely N-dealkylation sites (N-methyl/N-ethyl adjacent to an activating group) is 1. The van der Waals surface area contributed by atoms with Gasteiger partial charge in [-0.1, -0.05) is 18.2 Å². The molecular formula is C19H19N5O3. The van der Waals surface area contributed by atoms with E-state index in [1.165, 1.54) is 0 Å². The van der Waals surface area contributed by atoms with Crippen LogP contribution in [0, 0.1) is 44.8 Å². The second-order valence-corrected chi connectivity index (χ2v) is 6.47. The van der Waals surface area contributed by atoms with E-state index in [-0.39, 0.29) is 13.2 Å². The highest BCUT2D eigenvalue weighted by atomic mass is 16.7. The van der Waals surface area contributed by atoms with Crippen LogP contribution in [0.2, 0.25) is 0 Å². The fourth-order valence-electron chi connectivity index (χ4n) is 4.90. The molecule has 0 saturated heterocycles. The lowest BCUT2D eigenvalue weighted by Crippen LogP contribution is -2.59. The first-order chi connectivity index (χ1) is 12.9. The lowest BCUT2D eigenvalue weighted by molar-refractivity contribution is -0.253. The smallest absolute Gasteiger partial charge is 0.266 e. The third-order valence-electron chi connectivity index (χ3n) is 5.76. The second-order valence-electron chi connectivity index (χ2n) is 6.47. The number of carbonyl (C=O) groups excluding carboxylic acids is 1. The molecule has 1 aromatic carbocycles. The maximum atomic E-state index is 12.6. The maximum Gasteiger partial charge on any atom is 0.266 e. The number of nitrogens with two attached hydrogens (primary N) is 1.